The van der Waals surface area contributed by atoms with Gasteiger partial charge in [-0.1, -0.05) is 0 Å². The third-order valence-electron chi connectivity index (χ3n) is 3.53. The fourth-order valence-electron chi connectivity index (χ4n) is 2.32. The number of amides is 1. The molecule has 150 valence electrons. The first-order chi connectivity index (χ1) is 13.5. The number of anilines is 1. The van der Waals surface area contributed by atoms with Gasteiger partial charge in [0.25, 0.3) is 0 Å². The van der Waals surface area contributed by atoms with Crippen molar-refractivity contribution in [2.24, 2.45) is 0 Å². The number of methoxy groups -OCH3 is 3. The second-order valence-electron chi connectivity index (χ2n) is 5.41. The second-order valence-corrected chi connectivity index (χ2v) is 6.27. The minimum atomic E-state index is -0.356. The van der Waals surface area contributed by atoms with Crippen molar-refractivity contribution in [2.45, 2.75) is 13.3 Å². The van der Waals surface area contributed by atoms with Crippen LogP contribution in [0.25, 0.3) is 6.08 Å². The number of nitrogens with zero attached hydrogens (tertiary/aromatic N) is 1. The van der Waals surface area contributed by atoms with Gasteiger partial charge in [0, 0.05) is 11.5 Å². The van der Waals surface area contributed by atoms with E-state index >= 15 is 0 Å². The summed E-state index contributed by atoms with van der Waals surface area (Å²) in [6.07, 6.45) is 3.06. The van der Waals surface area contributed by atoms with Crippen LogP contribution in [0.1, 0.15) is 18.2 Å². The third kappa shape index (κ3) is 5.71. The highest BCUT2D eigenvalue weighted by atomic mass is 32.1. The molecule has 0 fully saturated rings. The van der Waals surface area contributed by atoms with Crippen LogP contribution < -0.4 is 19.5 Å². The number of hydrogen-bond donors (Lipinski definition) is 1. The standard InChI is InChI=1S/C19H22N2O6S/c1-5-27-17(23)10-13-11-28-19(20-13)21-16(22)7-6-12-8-14(24-2)18(26-4)15(9-12)25-3/h6-9,11H,5,10H2,1-4H3,(H,20,21,22). The summed E-state index contributed by atoms with van der Waals surface area (Å²) in [5.41, 5.74) is 1.25. The number of thiazole rings is 1. The lowest BCUT2D eigenvalue weighted by atomic mass is 10.1. The summed E-state index contributed by atoms with van der Waals surface area (Å²) < 4.78 is 20.7. The number of aromatic nitrogens is 1. The van der Waals surface area contributed by atoms with Crippen molar-refractivity contribution in [2.75, 3.05) is 33.3 Å². The molecule has 0 unspecified atom stereocenters. The van der Waals surface area contributed by atoms with E-state index in [1.165, 1.54) is 38.7 Å². The van der Waals surface area contributed by atoms with Gasteiger partial charge in [0.2, 0.25) is 11.7 Å². The summed E-state index contributed by atoms with van der Waals surface area (Å²) in [7, 11) is 4.56. The Morgan fingerprint density at radius 1 is 1.14 bits per heavy atom. The molecule has 0 spiro atoms. The lowest BCUT2D eigenvalue weighted by Gasteiger charge is -2.12. The molecule has 0 aliphatic carbocycles. The number of rotatable bonds is 9. The zero-order valence-electron chi connectivity index (χ0n) is 16.1. The normalized spacial score (nSPS) is 10.6. The van der Waals surface area contributed by atoms with Crippen LogP contribution in [0.2, 0.25) is 0 Å². The van der Waals surface area contributed by atoms with Gasteiger partial charge in [-0.25, -0.2) is 4.98 Å². The Labute approximate surface area is 167 Å². The Kier molecular flexibility index (Phi) is 7.82. The third-order valence-corrected chi connectivity index (χ3v) is 4.33. The molecule has 0 atom stereocenters. The molecule has 0 saturated carbocycles. The first kappa shape index (κ1) is 21.2. The maximum absolute atomic E-state index is 12.1. The Balaban J connectivity index is 2.04. The van der Waals surface area contributed by atoms with Gasteiger partial charge in [-0.05, 0) is 30.7 Å². The monoisotopic (exact) mass is 406 g/mol. The van der Waals surface area contributed by atoms with Gasteiger partial charge in [0.1, 0.15) is 0 Å². The summed E-state index contributed by atoms with van der Waals surface area (Å²) in [6.45, 7) is 2.06. The molecule has 1 amide bonds. The SMILES string of the molecule is CCOC(=O)Cc1csc(NC(=O)C=Cc2cc(OC)c(OC)c(OC)c2)n1. The predicted molar refractivity (Wildman–Crippen MR) is 106 cm³/mol. The van der Waals surface area contributed by atoms with Crippen molar-refractivity contribution in [1.29, 1.82) is 0 Å². The van der Waals surface area contributed by atoms with E-state index in [9.17, 15) is 9.59 Å². The molecule has 1 aromatic heterocycles. The highest BCUT2D eigenvalue weighted by Crippen LogP contribution is 2.38. The molecular formula is C19H22N2O6S. The largest absolute Gasteiger partial charge is 0.493 e. The Hall–Kier alpha value is -3.07. The molecule has 1 N–H and O–H groups in total. The van der Waals surface area contributed by atoms with Gasteiger partial charge in [0.05, 0.1) is 40.1 Å². The van der Waals surface area contributed by atoms with Gasteiger partial charge >= 0.3 is 5.97 Å². The van der Waals surface area contributed by atoms with Crippen LogP contribution in [0.15, 0.2) is 23.6 Å². The quantitative estimate of drug-likeness (QED) is 0.505. The number of ether oxygens (including phenoxy) is 4. The molecule has 0 radical (unpaired) electrons. The van der Waals surface area contributed by atoms with Gasteiger partial charge in [-0.15, -0.1) is 11.3 Å². The maximum atomic E-state index is 12.1. The fourth-order valence-corrected chi connectivity index (χ4v) is 3.04. The predicted octanol–water partition coefficient (Wildman–Crippen LogP) is 2.93. The smallest absolute Gasteiger partial charge is 0.311 e. The molecule has 8 nitrogen and oxygen atoms in total. The summed E-state index contributed by atoms with van der Waals surface area (Å²) in [6, 6.07) is 3.46. The fraction of sp³-hybridized carbons (Fsp3) is 0.316. The van der Waals surface area contributed by atoms with Crippen molar-refractivity contribution in [3.8, 4) is 17.2 Å². The van der Waals surface area contributed by atoms with Gasteiger partial charge in [0.15, 0.2) is 16.6 Å². The molecular weight excluding hydrogens is 384 g/mol. The molecule has 0 saturated heterocycles. The van der Waals surface area contributed by atoms with Crippen molar-refractivity contribution in [1.82, 2.24) is 4.98 Å². The molecule has 1 aromatic carbocycles. The second kappa shape index (κ2) is 10.3. The van der Waals surface area contributed by atoms with Crippen LogP contribution >= 0.6 is 11.3 Å². The van der Waals surface area contributed by atoms with Gasteiger partial charge in [-0.2, -0.15) is 0 Å². The number of nitrogens with one attached hydrogen (secondary N) is 1. The van der Waals surface area contributed by atoms with E-state index in [0.29, 0.717) is 40.2 Å². The molecule has 28 heavy (non-hydrogen) atoms. The summed E-state index contributed by atoms with van der Waals surface area (Å²) in [5, 5.41) is 4.77. The number of hydrogen-bond acceptors (Lipinski definition) is 8. The summed E-state index contributed by atoms with van der Waals surface area (Å²) in [4.78, 5) is 27.8. The number of carbonyl (C=O) groups is 2. The first-order valence-electron chi connectivity index (χ1n) is 8.39. The van der Waals surface area contributed by atoms with E-state index in [-0.39, 0.29) is 18.3 Å². The number of esters is 1. The zero-order valence-corrected chi connectivity index (χ0v) is 16.9. The minimum absolute atomic E-state index is 0.0709. The molecule has 2 rings (SSSR count). The Bertz CT molecular complexity index is 837. The topological polar surface area (TPSA) is 96.0 Å². The average molecular weight is 406 g/mol. The highest BCUT2D eigenvalue weighted by Gasteiger charge is 2.13. The highest BCUT2D eigenvalue weighted by molar-refractivity contribution is 7.14. The zero-order chi connectivity index (χ0) is 20.5. The van der Waals surface area contributed by atoms with E-state index < -0.39 is 0 Å². The molecule has 2 aromatic rings. The number of benzene rings is 1. The molecule has 9 heteroatoms. The Morgan fingerprint density at radius 2 is 1.82 bits per heavy atom. The van der Waals surface area contributed by atoms with Gasteiger partial charge < -0.3 is 18.9 Å². The van der Waals surface area contributed by atoms with Crippen LogP contribution in [0, 0.1) is 0 Å². The molecule has 0 aliphatic heterocycles. The lowest BCUT2D eigenvalue weighted by Crippen LogP contribution is -2.09. The maximum Gasteiger partial charge on any atom is 0.311 e. The molecule has 0 bridgehead atoms. The lowest BCUT2D eigenvalue weighted by molar-refractivity contribution is -0.142. The van der Waals surface area contributed by atoms with E-state index in [1.54, 1.807) is 30.5 Å². The van der Waals surface area contributed by atoms with E-state index in [2.05, 4.69) is 10.3 Å². The van der Waals surface area contributed by atoms with Gasteiger partial charge in [-0.3, -0.25) is 14.9 Å². The van der Waals surface area contributed by atoms with Crippen LogP contribution in [0.5, 0.6) is 17.2 Å². The number of carbonyl (C=O) groups excluding carboxylic acids is 2. The van der Waals surface area contributed by atoms with Crippen molar-refractivity contribution in [3.63, 3.8) is 0 Å². The summed E-state index contributed by atoms with van der Waals surface area (Å²) in [5.74, 6) is 0.748. The van der Waals surface area contributed by atoms with E-state index in [4.69, 9.17) is 18.9 Å². The van der Waals surface area contributed by atoms with Crippen LogP contribution in [0.3, 0.4) is 0 Å². The van der Waals surface area contributed by atoms with Crippen LogP contribution in [-0.2, 0) is 20.7 Å². The average Bonchev–Trinajstić information content (AvgIpc) is 3.11. The van der Waals surface area contributed by atoms with Crippen LogP contribution in [0.4, 0.5) is 5.13 Å². The summed E-state index contributed by atoms with van der Waals surface area (Å²) >= 11 is 1.24. The van der Waals surface area contributed by atoms with Crippen molar-refractivity contribution < 1.29 is 28.5 Å². The minimum Gasteiger partial charge on any atom is -0.493 e. The van der Waals surface area contributed by atoms with E-state index in [0.717, 1.165) is 0 Å². The molecule has 1 heterocycles. The first-order valence-corrected chi connectivity index (χ1v) is 9.27. The van der Waals surface area contributed by atoms with Crippen LogP contribution in [-0.4, -0.2) is 44.8 Å². The molecule has 0 aliphatic rings. The van der Waals surface area contributed by atoms with E-state index in [1.807, 2.05) is 0 Å². The van der Waals surface area contributed by atoms with Crippen molar-refractivity contribution in [3.05, 3.63) is 34.8 Å². The van der Waals surface area contributed by atoms with Crippen molar-refractivity contribution >= 4 is 34.4 Å². The Morgan fingerprint density at radius 3 is 2.39 bits per heavy atom.